The van der Waals surface area contributed by atoms with Gasteiger partial charge in [0.05, 0.1) is 0 Å². The van der Waals surface area contributed by atoms with Gasteiger partial charge >= 0.3 is 0 Å². The number of hydrogen-bond acceptors (Lipinski definition) is 3. The zero-order chi connectivity index (χ0) is 14.7. The lowest BCUT2D eigenvalue weighted by Gasteiger charge is -2.31. The molecule has 2 N–H and O–H groups in total. The number of nitrogens with zero attached hydrogens (tertiary/aromatic N) is 1. The summed E-state index contributed by atoms with van der Waals surface area (Å²) in [5, 5.41) is 12.0. The highest BCUT2D eigenvalue weighted by Gasteiger charge is 2.36. The van der Waals surface area contributed by atoms with Gasteiger partial charge in [0.2, 0.25) is 11.8 Å². The molecule has 0 fully saturated rings. The van der Waals surface area contributed by atoms with E-state index >= 15 is 0 Å². The van der Waals surface area contributed by atoms with Crippen molar-refractivity contribution in [3.05, 3.63) is 29.8 Å². The average Bonchev–Trinajstić information content (AvgIpc) is 2.61. The summed E-state index contributed by atoms with van der Waals surface area (Å²) in [5.74, 6) is -0.576. The predicted octanol–water partition coefficient (Wildman–Crippen LogP) is 1.37. The fraction of sp³-hybridized carbons (Fsp3) is 0.467. The lowest BCUT2D eigenvalue weighted by atomic mass is 9.96. The molecule has 1 aliphatic rings. The van der Waals surface area contributed by atoms with Gasteiger partial charge in [-0.2, -0.15) is 0 Å². The maximum Gasteiger partial charge on any atom is 0.249 e. The molecule has 1 aliphatic heterocycles. The Morgan fingerprint density at radius 3 is 2.85 bits per heavy atom. The second-order valence-electron chi connectivity index (χ2n) is 5.16. The van der Waals surface area contributed by atoms with Crippen molar-refractivity contribution in [3.8, 4) is 0 Å². The first-order chi connectivity index (χ1) is 9.58. The van der Waals surface area contributed by atoms with Gasteiger partial charge in [0.15, 0.2) is 0 Å². The molecule has 5 heteroatoms. The van der Waals surface area contributed by atoms with E-state index in [1.165, 1.54) is 4.90 Å². The Morgan fingerprint density at radius 2 is 2.20 bits per heavy atom. The molecule has 2 atom stereocenters. The van der Waals surface area contributed by atoms with Gasteiger partial charge in [0.1, 0.15) is 12.6 Å². The van der Waals surface area contributed by atoms with Gasteiger partial charge in [-0.15, -0.1) is 0 Å². The number of fused-ring (bicyclic) bond motifs is 1. The minimum Gasteiger partial charge on any atom is -0.387 e. The van der Waals surface area contributed by atoms with E-state index in [9.17, 15) is 9.59 Å². The molecule has 0 aliphatic carbocycles. The quantitative estimate of drug-likeness (QED) is 0.876. The van der Waals surface area contributed by atoms with E-state index in [0.29, 0.717) is 6.54 Å². The largest absolute Gasteiger partial charge is 0.387 e. The van der Waals surface area contributed by atoms with Gasteiger partial charge in [-0.3, -0.25) is 9.59 Å². The molecule has 0 bridgehead atoms. The van der Waals surface area contributed by atoms with Gasteiger partial charge in [-0.1, -0.05) is 38.5 Å². The number of anilines is 1. The van der Waals surface area contributed by atoms with Crippen LogP contribution in [0.4, 0.5) is 5.69 Å². The van der Waals surface area contributed by atoms with Crippen molar-refractivity contribution in [1.82, 2.24) is 4.90 Å². The molecule has 2 rings (SSSR count). The maximum atomic E-state index is 12.4. The lowest BCUT2D eigenvalue weighted by molar-refractivity contribution is -0.143. The number of hydrogen-bond donors (Lipinski definition) is 2. The second-order valence-corrected chi connectivity index (χ2v) is 5.16. The van der Waals surface area contributed by atoms with Crippen LogP contribution in [-0.4, -0.2) is 34.5 Å². The standard InChI is InChI=1S/C15H20N2O3/c1-3-10(2)14-15(20)16-12-7-5-4-6-11(12)8-17(14)13(19)9-18/h4-7,10,14,18H,3,8-9H2,1-2H3,(H,16,20)/t10-,14?/m0/s1. The molecule has 20 heavy (non-hydrogen) atoms. The van der Waals surface area contributed by atoms with E-state index in [1.54, 1.807) is 0 Å². The summed E-state index contributed by atoms with van der Waals surface area (Å²) in [4.78, 5) is 25.9. The summed E-state index contributed by atoms with van der Waals surface area (Å²) >= 11 is 0. The van der Waals surface area contributed by atoms with Gasteiger partial charge in [-0.25, -0.2) is 0 Å². The first-order valence-corrected chi connectivity index (χ1v) is 6.87. The average molecular weight is 276 g/mol. The molecule has 5 nitrogen and oxygen atoms in total. The molecule has 0 saturated heterocycles. The van der Waals surface area contributed by atoms with Crippen molar-refractivity contribution in [2.45, 2.75) is 32.9 Å². The molecular formula is C15H20N2O3. The molecule has 1 aromatic rings. The van der Waals surface area contributed by atoms with Gasteiger partial charge in [0.25, 0.3) is 0 Å². The molecule has 0 aromatic heterocycles. The maximum absolute atomic E-state index is 12.4. The Bertz CT molecular complexity index is 516. The van der Waals surface area contributed by atoms with E-state index in [0.717, 1.165) is 17.7 Å². The van der Waals surface area contributed by atoms with Crippen molar-refractivity contribution < 1.29 is 14.7 Å². The zero-order valence-corrected chi connectivity index (χ0v) is 11.8. The number of benzene rings is 1. The van der Waals surface area contributed by atoms with E-state index < -0.39 is 18.6 Å². The van der Waals surface area contributed by atoms with Crippen LogP contribution in [0.3, 0.4) is 0 Å². The highest BCUT2D eigenvalue weighted by atomic mass is 16.3. The Morgan fingerprint density at radius 1 is 1.50 bits per heavy atom. The Labute approximate surface area is 118 Å². The fourth-order valence-electron chi connectivity index (χ4n) is 2.53. The third-order valence-electron chi connectivity index (χ3n) is 3.86. The number of rotatable bonds is 3. The highest BCUT2D eigenvalue weighted by Crippen LogP contribution is 2.27. The lowest BCUT2D eigenvalue weighted by Crippen LogP contribution is -2.49. The molecular weight excluding hydrogens is 256 g/mol. The molecule has 0 saturated carbocycles. The third-order valence-corrected chi connectivity index (χ3v) is 3.86. The molecule has 1 unspecified atom stereocenters. The van der Waals surface area contributed by atoms with Gasteiger partial charge in [0, 0.05) is 12.2 Å². The van der Waals surface area contributed by atoms with E-state index in [4.69, 9.17) is 5.11 Å². The van der Waals surface area contributed by atoms with Crippen LogP contribution in [0.1, 0.15) is 25.8 Å². The topological polar surface area (TPSA) is 69.6 Å². The van der Waals surface area contributed by atoms with Crippen LogP contribution >= 0.6 is 0 Å². The summed E-state index contributed by atoms with van der Waals surface area (Å²) in [6.07, 6.45) is 0.781. The molecule has 0 spiro atoms. The number of carbonyl (C=O) groups is 2. The van der Waals surface area contributed by atoms with Crippen molar-refractivity contribution in [1.29, 1.82) is 0 Å². The Kier molecular flexibility index (Phi) is 4.39. The van der Waals surface area contributed by atoms with Crippen LogP contribution in [0.25, 0.3) is 0 Å². The Hall–Kier alpha value is -1.88. The summed E-state index contributed by atoms with van der Waals surface area (Å²) in [6.45, 7) is 3.68. The normalized spacial score (nSPS) is 19.9. The summed E-state index contributed by atoms with van der Waals surface area (Å²) < 4.78 is 0. The van der Waals surface area contributed by atoms with E-state index in [1.807, 2.05) is 38.1 Å². The van der Waals surface area contributed by atoms with Crippen molar-refractivity contribution in [3.63, 3.8) is 0 Å². The molecule has 108 valence electrons. The molecule has 1 heterocycles. The van der Waals surface area contributed by atoms with Crippen molar-refractivity contribution >= 4 is 17.5 Å². The number of amides is 2. The van der Waals surface area contributed by atoms with Crippen molar-refractivity contribution in [2.75, 3.05) is 11.9 Å². The number of aliphatic hydroxyl groups is 1. The number of para-hydroxylation sites is 1. The first-order valence-electron chi connectivity index (χ1n) is 6.87. The van der Waals surface area contributed by atoms with E-state index in [-0.39, 0.29) is 11.8 Å². The van der Waals surface area contributed by atoms with Gasteiger partial charge < -0.3 is 15.3 Å². The number of aliphatic hydroxyl groups excluding tert-OH is 1. The minimum atomic E-state index is -0.581. The SMILES string of the molecule is CC[C@H](C)C1C(=O)Nc2ccccc2CN1C(=O)CO. The van der Waals surface area contributed by atoms with Crippen LogP contribution in [0.15, 0.2) is 24.3 Å². The molecule has 0 radical (unpaired) electrons. The molecule has 1 aromatic carbocycles. The first kappa shape index (κ1) is 14.5. The number of carbonyl (C=O) groups excluding carboxylic acids is 2. The Balaban J connectivity index is 2.42. The van der Waals surface area contributed by atoms with Crippen molar-refractivity contribution in [2.24, 2.45) is 5.92 Å². The van der Waals surface area contributed by atoms with Crippen LogP contribution in [0.5, 0.6) is 0 Å². The summed E-state index contributed by atoms with van der Waals surface area (Å²) in [7, 11) is 0. The highest BCUT2D eigenvalue weighted by molar-refractivity contribution is 5.99. The molecule has 2 amide bonds. The summed E-state index contributed by atoms with van der Waals surface area (Å²) in [5.41, 5.74) is 1.62. The third kappa shape index (κ3) is 2.67. The minimum absolute atomic E-state index is 0.0276. The van der Waals surface area contributed by atoms with Crippen LogP contribution < -0.4 is 5.32 Å². The van der Waals surface area contributed by atoms with Crippen LogP contribution in [0, 0.1) is 5.92 Å². The smallest absolute Gasteiger partial charge is 0.249 e. The van der Waals surface area contributed by atoms with Gasteiger partial charge in [-0.05, 0) is 17.5 Å². The predicted molar refractivity (Wildman–Crippen MR) is 76.0 cm³/mol. The number of nitrogens with one attached hydrogen (secondary N) is 1. The zero-order valence-electron chi connectivity index (χ0n) is 11.8. The monoisotopic (exact) mass is 276 g/mol. The van der Waals surface area contributed by atoms with Crippen LogP contribution in [-0.2, 0) is 16.1 Å². The fourth-order valence-corrected chi connectivity index (χ4v) is 2.53. The van der Waals surface area contributed by atoms with E-state index in [2.05, 4.69) is 5.32 Å². The summed E-state index contributed by atoms with van der Waals surface area (Å²) in [6, 6.07) is 6.88. The second kappa shape index (κ2) is 6.05. The van der Waals surface area contributed by atoms with Crippen LogP contribution in [0.2, 0.25) is 0 Å².